The molecule has 4 rings (SSSR count). The van der Waals surface area contributed by atoms with Crippen LogP contribution in [-0.4, -0.2) is 64.4 Å². The summed E-state index contributed by atoms with van der Waals surface area (Å²) >= 11 is 0. The van der Waals surface area contributed by atoms with Crippen LogP contribution in [0, 0.1) is 0 Å². The summed E-state index contributed by atoms with van der Waals surface area (Å²) in [6, 6.07) is 13.7. The molecule has 1 aromatic heterocycles. The zero-order valence-corrected chi connectivity index (χ0v) is 20.3. The highest BCUT2D eigenvalue weighted by atomic mass is 16.5. The summed E-state index contributed by atoms with van der Waals surface area (Å²) in [4.78, 5) is 34.1. The molecular weight excluding hydrogens is 428 g/mol. The first-order valence-electron chi connectivity index (χ1n) is 12.5. The summed E-state index contributed by atoms with van der Waals surface area (Å²) in [6.07, 6.45) is 6.93. The molecule has 2 aliphatic rings. The summed E-state index contributed by atoms with van der Waals surface area (Å²) < 4.78 is 5.73. The molecule has 7 nitrogen and oxygen atoms in total. The lowest BCUT2D eigenvalue weighted by atomic mass is 9.97. The fourth-order valence-corrected chi connectivity index (χ4v) is 5.06. The van der Waals surface area contributed by atoms with Crippen LogP contribution in [0.25, 0.3) is 0 Å². The van der Waals surface area contributed by atoms with Crippen molar-refractivity contribution in [3.63, 3.8) is 0 Å². The van der Waals surface area contributed by atoms with E-state index < -0.39 is 0 Å². The van der Waals surface area contributed by atoms with Gasteiger partial charge in [0, 0.05) is 49.5 Å². The van der Waals surface area contributed by atoms with Gasteiger partial charge in [-0.25, -0.2) is 0 Å². The first-order chi connectivity index (χ1) is 16.5. The number of rotatable bonds is 7. The van der Waals surface area contributed by atoms with Gasteiger partial charge in [-0.05, 0) is 82.3 Å². The molecule has 0 radical (unpaired) electrons. The number of aromatic nitrogens is 1. The Morgan fingerprint density at radius 1 is 1.00 bits per heavy atom. The number of hydrogen-bond donors (Lipinski definition) is 1. The molecule has 0 bridgehead atoms. The third-order valence-corrected chi connectivity index (χ3v) is 6.99. The van der Waals surface area contributed by atoms with Crippen LogP contribution in [0.5, 0.6) is 5.75 Å². The Labute approximate surface area is 202 Å². The van der Waals surface area contributed by atoms with Crippen LogP contribution in [0.1, 0.15) is 62.0 Å². The number of hydrogen-bond acceptors (Lipinski definition) is 5. The predicted octanol–water partition coefficient (Wildman–Crippen LogP) is 3.64. The van der Waals surface area contributed by atoms with Gasteiger partial charge in [-0.15, -0.1) is 0 Å². The summed E-state index contributed by atoms with van der Waals surface area (Å²) in [5.41, 5.74) is 1.68. The van der Waals surface area contributed by atoms with Crippen LogP contribution in [0.4, 0.5) is 0 Å². The average molecular weight is 465 g/mol. The molecule has 1 aromatic carbocycles. The Kier molecular flexibility index (Phi) is 8.16. The molecule has 1 N–H and O–H groups in total. The van der Waals surface area contributed by atoms with Gasteiger partial charge in [0.2, 0.25) is 0 Å². The predicted molar refractivity (Wildman–Crippen MR) is 132 cm³/mol. The van der Waals surface area contributed by atoms with Crippen molar-refractivity contribution < 1.29 is 14.3 Å². The zero-order valence-electron chi connectivity index (χ0n) is 20.3. The number of carbonyl (C=O) groups is 2. The van der Waals surface area contributed by atoms with Crippen LogP contribution < -0.4 is 10.1 Å². The third kappa shape index (κ3) is 6.35. The van der Waals surface area contributed by atoms with E-state index in [4.69, 9.17) is 4.74 Å². The fourth-order valence-electron chi connectivity index (χ4n) is 5.06. The van der Waals surface area contributed by atoms with Gasteiger partial charge in [-0.3, -0.25) is 19.5 Å². The minimum atomic E-state index is -0.0678. The highest BCUT2D eigenvalue weighted by molar-refractivity contribution is 5.94. The second-order valence-electron chi connectivity index (χ2n) is 9.59. The maximum Gasteiger partial charge on any atom is 0.260 e. The largest absolute Gasteiger partial charge is 0.484 e. The van der Waals surface area contributed by atoms with Crippen molar-refractivity contribution >= 4 is 11.8 Å². The molecular formula is C27H36N4O3. The van der Waals surface area contributed by atoms with E-state index in [-0.39, 0.29) is 36.5 Å². The van der Waals surface area contributed by atoms with E-state index in [2.05, 4.69) is 29.0 Å². The summed E-state index contributed by atoms with van der Waals surface area (Å²) in [5, 5.41) is 3.16. The molecule has 0 spiro atoms. The number of benzene rings is 1. The lowest BCUT2D eigenvalue weighted by molar-refractivity contribution is -0.139. The standard InChI is InChI=1S/C27H36N4O3/c1-20-6-5-7-21(2)31(20)26(32)19-34-25-11-9-22(10-12-25)27(33)29-23-13-16-30(17-14-23)18-24-8-3-4-15-28-24/h3-4,8-12,15,20-21,23H,5-7,13-14,16-19H2,1-2H3,(H,29,33). The van der Waals surface area contributed by atoms with Crippen LogP contribution >= 0.6 is 0 Å². The number of ether oxygens (including phenoxy) is 1. The van der Waals surface area contributed by atoms with E-state index in [0.717, 1.165) is 51.0 Å². The van der Waals surface area contributed by atoms with Crippen molar-refractivity contribution in [2.45, 2.75) is 70.6 Å². The van der Waals surface area contributed by atoms with Crippen molar-refractivity contribution in [1.82, 2.24) is 20.1 Å². The van der Waals surface area contributed by atoms with Crippen molar-refractivity contribution in [1.29, 1.82) is 0 Å². The number of pyridine rings is 1. The number of likely N-dealkylation sites (tertiary alicyclic amines) is 2. The first-order valence-corrected chi connectivity index (χ1v) is 12.5. The minimum absolute atomic E-state index is 0.0240. The molecule has 2 amide bonds. The number of piperidine rings is 2. The van der Waals surface area contributed by atoms with Crippen LogP contribution in [0.15, 0.2) is 48.7 Å². The molecule has 2 aromatic rings. The zero-order chi connectivity index (χ0) is 23.9. The van der Waals surface area contributed by atoms with E-state index in [0.29, 0.717) is 11.3 Å². The molecule has 7 heteroatoms. The number of amides is 2. The van der Waals surface area contributed by atoms with Crippen molar-refractivity contribution in [2.24, 2.45) is 0 Å². The lowest BCUT2D eigenvalue weighted by Gasteiger charge is -2.38. The van der Waals surface area contributed by atoms with Gasteiger partial charge in [0.05, 0.1) is 5.69 Å². The Morgan fingerprint density at radius 3 is 2.35 bits per heavy atom. The number of carbonyl (C=O) groups excluding carboxylic acids is 2. The Balaban J connectivity index is 1.21. The fraction of sp³-hybridized carbons (Fsp3) is 0.519. The third-order valence-electron chi connectivity index (χ3n) is 6.99. The molecule has 34 heavy (non-hydrogen) atoms. The average Bonchev–Trinajstić information content (AvgIpc) is 2.85. The van der Waals surface area contributed by atoms with Gasteiger partial charge in [-0.2, -0.15) is 0 Å². The van der Waals surface area contributed by atoms with Crippen molar-refractivity contribution in [3.05, 3.63) is 59.9 Å². The van der Waals surface area contributed by atoms with E-state index >= 15 is 0 Å². The van der Waals surface area contributed by atoms with E-state index in [9.17, 15) is 9.59 Å². The SMILES string of the molecule is CC1CCCC(C)N1C(=O)COc1ccc(C(=O)NC2CCN(Cc3ccccn3)CC2)cc1. The minimum Gasteiger partial charge on any atom is -0.484 e. The maximum atomic E-state index is 12.7. The van der Waals surface area contributed by atoms with Gasteiger partial charge < -0.3 is 15.0 Å². The highest BCUT2D eigenvalue weighted by Crippen LogP contribution is 2.23. The molecule has 2 aliphatic heterocycles. The lowest BCUT2D eigenvalue weighted by Crippen LogP contribution is -2.49. The molecule has 3 heterocycles. The van der Waals surface area contributed by atoms with Gasteiger partial charge in [-0.1, -0.05) is 6.07 Å². The van der Waals surface area contributed by atoms with E-state index in [1.165, 1.54) is 6.42 Å². The van der Waals surface area contributed by atoms with Crippen LogP contribution in [0.3, 0.4) is 0 Å². The van der Waals surface area contributed by atoms with Crippen LogP contribution in [0.2, 0.25) is 0 Å². The topological polar surface area (TPSA) is 74.8 Å². The Morgan fingerprint density at radius 2 is 1.71 bits per heavy atom. The summed E-state index contributed by atoms with van der Waals surface area (Å²) in [6.45, 7) is 6.96. The Hall–Kier alpha value is -2.93. The highest BCUT2D eigenvalue weighted by Gasteiger charge is 2.29. The quantitative estimate of drug-likeness (QED) is 0.677. The number of nitrogens with one attached hydrogen (secondary N) is 1. The van der Waals surface area contributed by atoms with Gasteiger partial charge in [0.15, 0.2) is 6.61 Å². The van der Waals surface area contributed by atoms with Gasteiger partial charge >= 0.3 is 0 Å². The second kappa shape index (κ2) is 11.5. The molecule has 0 aliphatic carbocycles. The molecule has 2 atom stereocenters. The summed E-state index contributed by atoms with van der Waals surface area (Å²) in [7, 11) is 0. The molecule has 2 fully saturated rings. The molecule has 2 saturated heterocycles. The Bertz CT molecular complexity index is 932. The number of nitrogens with zero attached hydrogens (tertiary/aromatic N) is 3. The van der Waals surface area contributed by atoms with Gasteiger partial charge in [0.25, 0.3) is 11.8 Å². The van der Waals surface area contributed by atoms with Crippen LogP contribution in [-0.2, 0) is 11.3 Å². The normalized spacial score (nSPS) is 21.8. The van der Waals surface area contributed by atoms with Crippen molar-refractivity contribution in [3.8, 4) is 5.75 Å². The molecule has 182 valence electrons. The summed E-state index contributed by atoms with van der Waals surface area (Å²) in [5.74, 6) is 0.558. The van der Waals surface area contributed by atoms with Gasteiger partial charge in [0.1, 0.15) is 5.75 Å². The van der Waals surface area contributed by atoms with E-state index in [1.54, 1.807) is 24.3 Å². The molecule has 0 saturated carbocycles. The monoisotopic (exact) mass is 464 g/mol. The first kappa shape index (κ1) is 24.2. The second-order valence-corrected chi connectivity index (χ2v) is 9.59. The molecule has 2 unspecified atom stereocenters. The smallest absolute Gasteiger partial charge is 0.260 e. The van der Waals surface area contributed by atoms with E-state index in [1.807, 2.05) is 29.3 Å². The maximum absolute atomic E-state index is 12.7. The van der Waals surface area contributed by atoms with Crippen molar-refractivity contribution in [2.75, 3.05) is 19.7 Å².